The van der Waals surface area contributed by atoms with Crippen molar-refractivity contribution in [2.24, 2.45) is 17.5 Å². The zero-order valence-corrected chi connectivity index (χ0v) is 24.6. The van der Waals surface area contributed by atoms with E-state index in [4.69, 9.17) is 16.3 Å². The number of anilines is 3. The van der Waals surface area contributed by atoms with Crippen LogP contribution in [0.15, 0.2) is 30.7 Å². The fourth-order valence-electron chi connectivity index (χ4n) is 5.14. The van der Waals surface area contributed by atoms with E-state index in [1.54, 1.807) is 33.8 Å². The Morgan fingerprint density at radius 1 is 1.17 bits per heavy atom. The summed E-state index contributed by atoms with van der Waals surface area (Å²) in [7, 11) is 0. The number of primary amides is 1. The number of nitrogens with one attached hydrogen (secondary N) is 2. The van der Waals surface area contributed by atoms with E-state index in [0.29, 0.717) is 17.1 Å². The van der Waals surface area contributed by atoms with Crippen molar-refractivity contribution < 1.29 is 18.7 Å². The van der Waals surface area contributed by atoms with Crippen LogP contribution in [-0.2, 0) is 4.74 Å². The van der Waals surface area contributed by atoms with E-state index in [0.717, 1.165) is 43.2 Å². The van der Waals surface area contributed by atoms with Crippen molar-refractivity contribution in [2.75, 3.05) is 10.3 Å². The lowest BCUT2D eigenvalue weighted by molar-refractivity contribution is 0.0495. The van der Waals surface area contributed by atoms with Crippen LogP contribution in [0.3, 0.4) is 0 Å². The molecule has 13 nitrogen and oxygen atoms in total. The maximum atomic E-state index is 15.5. The van der Waals surface area contributed by atoms with E-state index in [1.165, 1.54) is 23.4 Å². The number of hydrogen-bond acceptors (Lipinski definition) is 10. The number of hydrogen-bond donors (Lipinski definition) is 4. The summed E-state index contributed by atoms with van der Waals surface area (Å²) < 4.78 is 20.9. The van der Waals surface area contributed by atoms with Gasteiger partial charge >= 0.3 is 6.09 Å². The lowest BCUT2D eigenvalue weighted by Crippen LogP contribution is -2.50. The Hall–Kier alpha value is -4.33. The van der Waals surface area contributed by atoms with Gasteiger partial charge in [-0.05, 0) is 65.5 Å². The maximum absolute atomic E-state index is 15.5. The van der Waals surface area contributed by atoms with E-state index in [9.17, 15) is 9.59 Å². The first kappa shape index (κ1) is 30.6. The lowest BCUT2D eigenvalue weighted by atomic mass is 9.81. The second-order valence-electron chi connectivity index (χ2n) is 11.5. The van der Waals surface area contributed by atoms with Crippen LogP contribution >= 0.6 is 0 Å². The molecule has 3 heterocycles. The molecule has 14 heteroatoms. The highest BCUT2D eigenvalue weighted by Gasteiger charge is 2.32. The summed E-state index contributed by atoms with van der Waals surface area (Å²) in [5.41, 5.74) is 6.24. The summed E-state index contributed by atoms with van der Waals surface area (Å²) in [5, 5.41) is 15.5. The fourth-order valence-corrected chi connectivity index (χ4v) is 5.14. The van der Waals surface area contributed by atoms with E-state index in [-0.39, 0.29) is 23.1 Å². The fraction of sp³-hybridized carbons (Fsp3) is 0.500. The number of ether oxygens (including phenoxy) is 1. The van der Waals surface area contributed by atoms with Gasteiger partial charge in [-0.3, -0.25) is 14.8 Å². The van der Waals surface area contributed by atoms with Crippen molar-refractivity contribution in [3.63, 3.8) is 0 Å². The SMILES string of the molecule is Cc1ncc(N(N)c2nc(N[C@H](C3CCCCC3)[C@H](C)NC(=O)OC(C)(C)C)c(F)cc2C(N)=O)cc1-n1nccn1. The number of aryl methyl sites for hydroxylation is 1. The molecule has 0 bridgehead atoms. The van der Waals surface area contributed by atoms with Crippen LogP contribution in [0.25, 0.3) is 5.69 Å². The number of alkyl carbamates (subject to hydrolysis) is 1. The van der Waals surface area contributed by atoms with E-state index < -0.39 is 35.5 Å². The molecule has 1 aliphatic carbocycles. The normalized spacial score (nSPS) is 15.5. The molecule has 0 aliphatic heterocycles. The molecule has 1 aliphatic rings. The molecule has 1 saturated carbocycles. The van der Waals surface area contributed by atoms with E-state index >= 15 is 4.39 Å². The predicted molar refractivity (Wildman–Crippen MR) is 156 cm³/mol. The Bertz CT molecular complexity index is 1400. The van der Waals surface area contributed by atoms with Crippen LogP contribution in [0.4, 0.5) is 26.5 Å². The minimum absolute atomic E-state index is 0.0772. The van der Waals surface area contributed by atoms with Gasteiger partial charge in [0.2, 0.25) is 0 Å². The third-order valence-corrected chi connectivity index (χ3v) is 7.15. The molecular formula is C28H39FN10O3. The summed E-state index contributed by atoms with van der Waals surface area (Å²) in [6, 6.07) is 1.84. The molecule has 0 saturated heterocycles. The van der Waals surface area contributed by atoms with Crippen LogP contribution in [0.2, 0.25) is 0 Å². The predicted octanol–water partition coefficient (Wildman–Crippen LogP) is 3.89. The summed E-state index contributed by atoms with van der Waals surface area (Å²) in [6.07, 6.45) is 8.92. The first-order chi connectivity index (χ1) is 19.8. The number of carbonyl (C=O) groups excluding carboxylic acids is 2. The average Bonchev–Trinajstić information content (AvgIpc) is 3.46. The van der Waals surface area contributed by atoms with Gasteiger partial charge in [0, 0.05) is 6.04 Å². The van der Waals surface area contributed by atoms with Gasteiger partial charge in [-0.1, -0.05) is 19.3 Å². The number of nitrogens with two attached hydrogens (primary N) is 2. The Kier molecular flexibility index (Phi) is 9.24. The van der Waals surface area contributed by atoms with Crippen molar-refractivity contribution in [1.82, 2.24) is 30.3 Å². The molecule has 2 amide bonds. The summed E-state index contributed by atoms with van der Waals surface area (Å²) in [4.78, 5) is 35.1. The Balaban J connectivity index is 1.69. The van der Waals surface area contributed by atoms with Gasteiger partial charge in [0.25, 0.3) is 5.91 Å². The topological polar surface area (TPSA) is 179 Å². The van der Waals surface area contributed by atoms with Crippen molar-refractivity contribution in [2.45, 2.75) is 84.4 Å². The lowest BCUT2D eigenvalue weighted by Gasteiger charge is -2.36. The number of rotatable bonds is 9. The largest absolute Gasteiger partial charge is 0.444 e. The van der Waals surface area contributed by atoms with Gasteiger partial charge in [0.15, 0.2) is 17.5 Å². The maximum Gasteiger partial charge on any atom is 0.407 e. The zero-order valence-electron chi connectivity index (χ0n) is 24.6. The monoisotopic (exact) mass is 582 g/mol. The van der Waals surface area contributed by atoms with Crippen LogP contribution in [-0.4, -0.2) is 54.6 Å². The number of amides is 2. The number of aromatic nitrogens is 5. The van der Waals surface area contributed by atoms with Crippen molar-refractivity contribution in [1.29, 1.82) is 0 Å². The minimum atomic E-state index is -0.906. The first-order valence-corrected chi connectivity index (χ1v) is 14.0. The van der Waals surface area contributed by atoms with E-state index in [2.05, 4.69) is 30.8 Å². The van der Waals surface area contributed by atoms with Crippen molar-refractivity contribution in [3.8, 4) is 5.69 Å². The van der Waals surface area contributed by atoms with Crippen LogP contribution in [0.5, 0.6) is 0 Å². The number of hydrazine groups is 1. The molecule has 42 heavy (non-hydrogen) atoms. The molecule has 0 aromatic carbocycles. The van der Waals surface area contributed by atoms with Crippen LogP contribution in [0, 0.1) is 18.7 Å². The summed E-state index contributed by atoms with van der Waals surface area (Å²) >= 11 is 0. The molecule has 1 fully saturated rings. The minimum Gasteiger partial charge on any atom is -0.444 e. The van der Waals surface area contributed by atoms with Gasteiger partial charge in [-0.2, -0.15) is 10.2 Å². The van der Waals surface area contributed by atoms with Gasteiger partial charge in [-0.25, -0.2) is 20.0 Å². The van der Waals surface area contributed by atoms with Gasteiger partial charge < -0.3 is 21.1 Å². The molecule has 0 unspecified atom stereocenters. The van der Waals surface area contributed by atoms with Crippen molar-refractivity contribution >= 4 is 29.3 Å². The highest BCUT2D eigenvalue weighted by atomic mass is 19.1. The van der Waals surface area contributed by atoms with Crippen molar-refractivity contribution in [3.05, 3.63) is 47.8 Å². The zero-order chi connectivity index (χ0) is 30.6. The molecule has 2 atom stereocenters. The van der Waals surface area contributed by atoms with Crippen LogP contribution in [0.1, 0.15) is 75.9 Å². The third-order valence-electron chi connectivity index (χ3n) is 7.15. The number of pyridine rings is 2. The highest BCUT2D eigenvalue weighted by molar-refractivity contribution is 5.98. The van der Waals surface area contributed by atoms with Gasteiger partial charge in [-0.15, -0.1) is 4.80 Å². The average molecular weight is 583 g/mol. The molecule has 4 rings (SSSR count). The highest BCUT2D eigenvalue weighted by Crippen LogP contribution is 2.33. The van der Waals surface area contributed by atoms with Crippen LogP contribution < -0.4 is 27.2 Å². The second-order valence-corrected chi connectivity index (χ2v) is 11.5. The van der Waals surface area contributed by atoms with Gasteiger partial charge in [0.1, 0.15) is 11.3 Å². The number of halogens is 1. The Morgan fingerprint density at radius 3 is 2.45 bits per heavy atom. The molecular weight excluding hydrogens is 543 g/mol. The molecule has 3 aromatic heterocycles. The third kappa shape index (κ3) is 7.29. The smallest absolute Gasteiger partial charge is 0.407 e. The first-order valence-electron chi connectivity index (χ1n) is 14.0. The molecule has 3 aromatic rings. The quantitative estimate of drug-likeness (QED) is 0.214. The summed E-state index contributed by atoms with van der Waals surface area (Å²) in [5.74, 6) is 4.68. The number of carbonyl (C=O) groups is 2. The number of nitrogens with zero attached hydrogens (tertiary/aromatic N) is 6. The Morgan fingerprint density at radius 2 is 1.83 bits per heavy atom. The second kappa shape index (κ2) is 12.7. The van der Waals surface area contributed by atoms with Gasteiger partial charge in [0.05, 0.1) is 41.6 Å². The molecule has 226 valence electrons. The summed E-state index contributed by atoms with van der Waals surface area (Å²) in [6.45, 7) is 8.97. The van der Waals surface area contributed by atoms with E-state index in [1.807, 2.05) is 6.92 Å². The molecule has 0 radical (unpaired) electrons. The Labute approximate surface area is 244 Å². The molecule has 0 spiro atoms. The standard InChI is InChI=1S/C28H39FN10O3/c1-16-22(39-33-11-12-34-39)13-19(15-32-16)38(31)26-20(24(30)40)14-21(29)25(37-26)36-23(18-9-7-6-8-10-18)17(2)35-27(41)42-28(3,4)5/h11-15,17-18,23H,6-10,31H2,1-5H3,(H2,30,40)(H,35,41)(H,36,37)/t17-,23-/m0/s1. The molecule has 6 N–H and O–H groups in total.